The summed E-state index contributed by atoms with van der Waals surface area (Å²) in [6.07, 6.45) is 3.26. The summed E-state index contributed by atoms with van der Waals surface area (Å²) in [6.45, 7) is 6.15. The Morgan fingerprint density at radius 3 is 2.47 bits per heavy atom. The molecule has 1 heterocycles. The normalized spacial score (nSPS) is 11.5. The van der Waals surface area contributed by atoms with E-state index in [-0.39, 0.29) is 12.1 Å². The van der Waals surface area contributed by atoms with Crippen molar-refractivity contribution < 1.29 is 5.11 Å². The van der Waals surface area contributed by atoms with Gasteiger partial charge in [-0.15, -0.1) is 0 Å². The molecule has 1 rings (SSSR count). The number of aromatic nitrogens is 2. The number of nitrogens with zero attached hydrogens (tertiary/aromatic N) is 2. The van der Waals surface area contributed by atoms with Crippen molar-refractivity contribution in [3.8, 4) is 0 Å². The van der Waals surface area contributed by atoms with Crippen LogP contribution in [0.25, 0.3) is 0 Å². The largest absolute Gasteiger partial charge is 0.394 e. The molecule has 4 nitrogen and oxygen atoms in total. The van der Waals surface area contributed by atoms with Crippen LogP contribution in [0.15, 0.2) is 12.4 Å². The van der Waals surface area contributed by atoms with Gasteiger partial charge in [0.25, 0.3) is 0 Å². The van der Waals surface area contributed by atoms with Crippen LogP contribution in [0.5, 0.6) is 0 Å². The molecule has 0 saturated heterocycles. The van der Waals surface area contributed by atoms with Crippen LogP contribution in [0, 0.1) is 6.92 Å². The first kappa shape index (κ1) is 11.9. The maximum absolute atomic E-state index is 9.40. The Bertz CT molecular complexity index is 302. The smallest absolute Gasteiger partial charge is 0.130 e. The Labute approximate surface area is 90.8 Å². The second-order valence-corrected chi connectivity index (χ2v) is 3.82. The van der Waals surface area contributed by atoms with Crippen molar-refractivity contribution in [3.05, 3.63) is 18.1 Å². The van der Waals surface area contributed by atoms with Gasteiger partial charge in [0.05, 0.1) is 12.1 Å². The first-order chi connectivity index (χ1) is 7.15. The predicted octanol–water partition coefficient (Wildman–Crippen LogP) is 1.75. The minimum Gasteiger partial charge on any atom is -0.394 e. The summed E-state index contributed by atoms with van der Waals surface area (Å²) in [4.78, 5) is 8.17. The Kier molecular flexibility index (Phi) is 4.03. The minimum absolute atomic E-state index is 0.114. The van der Waals surface area contributed by atoms with Gasteiger partial charge in [-0.2, -0.15) is 0 Å². The van der Waals surface area contributed by atoms with E-state index < -0.39 is 0 Å². The Hall–Kier alpha value is -1.16. The van der Waals surface area contributed by atoms with Gasteiger partial charge in [0.1, 0.15) is 12.1 Å². The molecule has 0 unspecified atom stereocenters. The topological polar surface area (TPSA) is 58.0 Å². The SMILES string of the molecule is CCC(CC)(CO)Nc1cc(C)ncn1. The minimum atomic E-state index is -0.263. The summed E-state index contributed by atoms with van der Waals surface area (Å²) >= 11 is 0. The molecular weight excluding hydrogens is 190 g/mol. The molecule has 15 heavy (non-hydrogen) atoms. The van der Waals surface area contributed by atoms with Crippen molar-refractivity contribution in [2.45, 2.75) is 39.2 Å². The number of aryl methyl sites for hydroxylation is 1. The number of hydrogen-bond acceptors (Lipinski definition) is 4. The highest BCUT2D eigenvalue weighted by atomic mass is 16.3. The lowest BCUT2D eigenvalue weighted by molar-refractivity contribution is 0.202. The van der Waals surface area contributed by atoms with E-state index in [1.54, 1.807) is 0 Å². The van der Waals surface area contributed by atoms with E-state index >= 15 is 0 Å². The molecule has 0 aliphatic rings. The van der Waals surface area contributed by atoms with Gasteiger partial charge < -0.3 is 10.4 Å². The van der Waals surface area contributed by atoms with E-state index in [1.807, 2.05) is 13.0 Å². The maximum Gasteiger partial charge on any atom is 0.130 e. The van der Waals surface area contributed by atoms with Crippen LogP contribution < -0.4 is 5.32 Å². The van der Waals surface area contributed by atoms with Gasteiger partial charge in [0, 0.05) is 11.8 Å². The van der Waals surface area contributed by atoms with E-state index in [2.05, 4.69) is 29.1 Å². The standard InChI is InChI=1S/C11H19N3O/c1-4-11(5-2,7-15)14-10-6-9(3)12-8-13-10/h6,8,15H,4-5,7H2,1-3H3,(H,12,13,14). The third kappa shape index (κ3) is 2.89. The van der Waals surface area contributed by atoms with E-state index in [9.17, 15) is 5.11 Å². The van der Waals surface area contributed by atoms with Gasteiger partial charge in [0.15, 0.2) is 0 Å². The van der Waals surface area contributed by atoms with E-state index in [0.717, 1.165) is 24.4 Å². The van der Waals surface area contributed by atoms with Gasteiger partial charge in [-0.3, -0.25) is 0 Å². The van der Waals surface area contributed by atoms with Crippen LogP contribution in [0.3, 0.4) is 0 Å². The lowest BCUT2D eigenvalue weighted by Crippen LogP contribution is -2.41. The van der Waals surface area contributed by atoms with Crippen molar-refractivity contribution in [1.29, 1.82) is 0 Å². The molecule has 0 atom stereocenters. The molecule has 1 aromatic heterocycles. The fourth-order valence-electron chi connectivity index (χ4n) is 1.48. The molecule has 0 aromatic carbocycles. The first-order valence-electron chi connectivity index (χ1n) is 5.33. The highest BCUT2D eigenvalue weighted by Gasteiger charge is 2.25. The monoisotopic (exact) mass is 209 g/mol. The number of aliphatic hydroxyl groups excluding tert-OH is 1. The average molecular weight is 209 g/mol. The Balaban J connectivity index is 2.82. The summed E-state index contributed by atoms with van der Waals surface area (Å²) in [6, 6.07) is 1.88. The Morgan fingerprint density at radius 1 is 1.33 bits per heavy atom. The zero-order chi connectivity index (χ0) is 11.3. The van der Waals surface area contributed by atoms with Gasteiger partial charge in [-0.1, -0.05) is 13.8 Å². The molecule has 0 bridgehead atoms. The predicted molar refractivity (Wildman–Crippen MR) is 60.8 cm³/mol. The van der Waals surface area contributed by atoms with Crippen LogP contribution >= 0.6 is 0 Å². The van der Waals surface area contributed by atoms with Crippen molar-refractivity contribution in [1.82, 2.24) is 9.97 Å². The number of nitrogens with one attached hydrogen (secondary N) is 1. The average Bonchev–Trinajstić information content (AvgIpc) is 2.26. The molecule has 84 valence electrons. The van der Waals surface area contributed by atoms with E-state index in [0.29, 0.717) is 0 Å². The molecule has 0 aliphatic carbocycles. The lowest BCUT2D eigenvalue weighted by atomic mass is 9.94. The van der Waals surface area contributed by atoms with E-state index in [1.165, 1.54) is 6.33 Å². The summed E-state index contributed by atoms with van der Waals surface area (Å²) < 4.78 is 0. The van der Waals surface area contributed by atoms with Crippen LogP contribution in [0.1, 0.15) is 32.4 Å². The van der Waals surface area contributed by atoms with Crippen LogP contribution in [0.2, 0.25) is 0 Å². The van der Waals surface area contributed by atoms with Crippen molar-refractivity contribution in [2.75, 3.05) is 11.9 Å². The summed E-state index contributed by atoms with van der Waals surface area (Å²) in [5, 5.41) is 12.7. The molecule has 0 aliphatic heterocycles. The Morgan fingerprint density at radius 2 is 2.00 bits per heavy atom. The second-order valence-electron chi connectivity index (χ2n) is 3.82. The van der Waals surface area contributed by atoms with Gasteiger partial charge in [0.2, 0.25) is 0 Å². The molecule has 0 radical (unpaired) electrons. The van der Waals surface area contributed by atoms with Gasteiger partial charge in [-0.25, -0.2) is 9.97 Å². The van der Waals surface area contributed by atoms with Gasteiger partial charge in [-0.05, 0) is 19.8 Å². The van der Waals surface area contributed by atoms with Gasteiger partial charge >= 0.3 is 0 Å². The number of hydrogen-bond donors (Lipinski definition) is 2. The molecule has 0 fully saturated rings. The highest BCUT2D eigenvalue weighted by Crippen LogP contribution is 2.20. The molecule has 0 amide bonds. The molecule has 1 aromatic rings. The summed E-state index contributed by atoms with van der Waals surface area (Å²) in [5.41, 5.74) is 0.660. The first-order valence-corrected chi connectivity index (χ1v) is 5.33. The highest BCUT2D eigenvalue weighted by molar-refractivity contribution is 5.38. The second kappa shape index (κ2) is 5.07. The summed E-state index contributed by atoms with van der Waals surface area (Å²) in [7, 11) is 0. The number of anilines is 1. The summed E-state index contributed by atoms with van der Waals surface area (Å²) in [5.74, 6) is 0.778. The zero-order valence-electron chi connectivity index (χ0n) is 9.62. The lowest BCUT2D eigenvalue weighted by Gasteiger charge is -2.31. The third-order valence-corrected chi connectivity index (χ3v) is 2.85. The zero-order valence-corrected chi connectivity index (χ0v) is 9.62. The fourth-order valence-corrected chi connectivity index (χ4v) is 1.48. The van der Waals surface area contributed by atoms with E-state index in [4.69, 9.17) is 0 Å². The molecule has 4 heteroatoms. The van der Waals surface area contributed by atoms with Crippen LogP contribution in [-0.2, 0) is 0 Å². The van der Waals surface area contributed by atoms with Crippen molar-refractivity contribution in [2.24, 2.45) is 0 Å². The van der Waals surface area contributed by atoms with Crippen LogP contribution in [0.4, 0.5) is 5.82 Å². The van der Waals surface area contributed by atoms with Crippen molar-refractivity contribution >= 4 is 5.82 Å². The molecule has 0 spiro atoms. The number of aliphatic hydroxyl groups is 1. The number of rotatable bonds is 5. The quantitative estimate of drug-likeness (QED) is 0.775. The molecular formula is C11H19N3O. The van der Waals surface area contributed by atoms with Crippen LogP contribution in [-0.4, -0.2) is 27.2 Å². The third-order valence-electron chi connectivity index (χ3n) is 2.85. The fraction of sp³-hybridized carbons (Fsp3) is 0.636. The molecule has 2 N–H and O–H groups in total. The van der Waals surface area contributed by atoms with Crippen molar-refractivity contribution in [3.63, 3.8) is 0 Å². The molecule has 0 saturated carbocycles. The maximum atomic E-state index is 9.40.